The molecular weight excluding hydrogens is 380 g/mol. The van der Waals surface area contributed by atoms with Crippen LogP contribution in [0.25, 0.3) is 11.2 Å². The van der Waals surface area contributed by atoms with Gasteiger partial charge in [0.25, 0.3) is 0 Å². The predicted octanol–water partition coefficient (Wildman–Crippen LogP) is 4.04. The molecule has 1 fully saturated rings. The first-order valence-electron chi connectivity index (χ1n) is 9.22. The Morgan fingerprint density at radius 2 is 2.04 bits per heavy atom. The van der Waals surface area contributed by atoms with Gasteiger partial charge in [0.2, 0.25) is 0 Å². The number of ether oxygens (including phenoxy) is 2. The number of nitrogens with zero attached hydrogens (tertiary/aromatic N) is 4. The van der Waals surface area contributed by atoms with E-state index < -0.39 is 17.8 Å². The zero-order valence-electron chi connectivity index (χ0n) is 15.9. The maximum atomic E-state index is 12.8. The second-order valence-corrected chi connectivity index (χ2v) is 7.51. The highest BCUT2D eigenvalue weighted by atomic mass is 35.5. The fourth-order valence-electron chi connectivity index (χ4n) is 3.78. The van der Waals surface area contributed by atoms with Gasteiger partial charge in [-0.25, -0.2) is 19.7 Å². The van der Waals surface area contributed by atoms with E-state index in [9.17, 15) is 4.79 Å². The minimum atomic E-state index is -0.918. The summed E-state index contributed by atoms with van der Waals surface area (Å²) in [6, 6.07) is 8.94. The summed E-state index contributed by atoms with van der Waals surface area (Å²) in [5.41, 5.74) is 0.599. The van der Waals surface area contributed by atoms with Crippen LogP contribution in [0.2, 0.25) is 5.15 Å². The molecular formula is C20H21ClN4O3. The molecule has 2 aromatic heterocycles. The highest BCUT2D eigenvalue weighted by Crippen LogP contribution is 2.47. The number of hydrogen-bond acceptors (Lipinski definition) is 6. The molecule has 3 aromatic rings. The van der Waals surface area contributed by atoms with Gasteiger partial charge in [-0.1, -0.05) is 43.6 Å². The molecule has 0 amide bonds. The van der Waals surface area contributed by atoms with E-state index in [0.29, 0.717) is 16.7 Å². The van der Waals surface area contributed by atoms with E-state index >= 15 is 0 Å². The molecule has 28 heavy (non-hydrogen) atoms. The molecule has 0 bridgehead atoms. The summed E-state index contributed by atoms with van der Waals surface area (Å²) in [6.07, 6.45) is 3.11. The van der Waals surface area contributed by atoms with Gasteiger partial charge in [0.15, 0.2) is 22.6 Å². The van der Waals surface area contributed by atoms with Gasteiger partial charge in [-0.05, 0) is 25.5 Å². The molecule has 1 aliphatic rings. The maximum absolute atomic E-state index is 12.8. The molecule has 8 heteroatoms. The molecule has 0 spiro atoms. The summed E-state index contributed by atoms with van der Waals surface area (Å²) in [7, 11) is 0. The monoisotopic (exact) mass is 400 g/mol. The average Bonchev–Trinajstić information content (AvgIpc) is 3.23. The number of rotatable bonds is 4. The number of halogens is 1. The van der Waals surface area contributed by atoms with E-state index in [1.54, 1.807) is 23.0 Å². The van der Waals surface area contributed by atoms with Crippen molar-refractivity contribution in [2.45, 2.75) is 45.1 Å². The molecule has 0 saturated carbocycles. The van der Waals surface area contributed by atoms with E-state index in [0.717, 1.165) is 6.42 Å². The molecule has 0 radical (unpaired) electrons. The first kappa shape index (κ1) is 18.8. The summed E-state index contributed by atoms with van der Waals surface area (Å²) in [5, 5.41) is 0.268. The Kier molecular flexibility index (Phi) is 4.81. The molecule has 1 saturated heterocycles. The lowest BCUT2D eigenvalue weighted by Crippen LogP contribution is -2.43. The van der Waals surface area contributed by atoms with Gasteiger partial charge < -0.3 is 9.47 Å². The smallest absolute Gasteiger partial charge is 0.338 e. The summed E-state index contributed by atoms with van der Waals surface area (Å²) in [5.74, 6) is -0.428. The van der Waals surface area contributed by atoms with Crippen molar-refractivity contribution >= 4 is 28.7 Å². The molecule has 0 aliphatic carbocycles. The third kappa shape index (κ3) is 2.95. The second kappa shape index (κ2) is 7.14. The van der Waals surface area contributed by atoms with Crippen molar-refractivity contribution in [2.24, 2.45) is 5.92 Å². The number of carbonyl (C=O) groups is 1. The SMILES string of the molecule is CC[C@H]1O[C@@H](n2cnc3c(Cl)ncnc32)[C@](C)(OC(=O)c2ccccc2)[C@@H]1C. The highest BCUT2D eigenvalue weighted by Gasteiger charge is 2.55. The minimum absolute atomic E-state index is 0.0371. The quantitative estimate of drug-likeness (QED) is 0.485. The molecule has 0 unspecified atom stereocenters. The Hall–Kier alpha value is -2.51. The Morgan fingerprint density at radius 1 is 1.29 bits per heavy atom. The summed E-state index contributed by atoms with van der Waals surface area (Å²) < 4.78 is 14.1. The van der Waals surface area contributed by atoms with Crippen LogP contribution in [0.15, 0.2) is 43.0 Å². The lowest BCUT2D eigenvalue weighted by Gasteiger charge is -2.33. The molecule has 1 aliphatic heterocycles. The number of benzene rings is 1. The van der Waals surface area contributed by atoms with Crippen molar-refractivity contribution in [1.82, 2.24) is 19.5 Å². The van der Waals surface area contributed by atoms with Gasteiger partial charge >= 0.3 is 5.97 Å². The van der Waals surface area contributed by atoms with Crippen LogP contribution in [0.4, 0.5) is 0 Å². The average molecular weight is 401 g/mol. The number of esters is 1. The molecule has 146 valence electrons. The maximum Gasteiger partial charge on any atom is 0.338 e. The van der Waals surface area contributed by atoms with E-state index in [1.807, 2.05) is 39.0 Å². The number of hydrogen-bond donors (Lipinski definition) is 0. The van der Waals surface area contributed by atoms with E-state index in [1.165, 1.54) is 6.33 Å². The predicted molar refractivity (Wildman–Crippen MR) is 104 cm³/mol. The van der Waals surface area contributed by atoms with Gasteiger partial charge in [-0.3, -0.25) is 4.57 Å². The number of fused-ring (bicyclic) bond motifs is 1. The van der Waals surface area contributed by atoms with Gasteiger partial charge in [-0.2, -0.15) is 0 Å². The Bertz CT molecular complexity index is 1010. The molecule has 4 rings (SSSR count). The van der Waals surface area contributed by atoms with Crippen molar-refractivity contribution in [3.63, 3.8) is 0 Å². The molecule has 3 heterocycles. The van der Waals surface area contributed by atoms with Crippen molar-refractivity contribution in [1.29, 1.82) is 0 Å². The Morgan fingerprint density at radius 3 is 2.75 bits per heavy atom. The van der Waals surface area contributed by atoms with Crippen molar-refractivity contribution < 1.29 is 14.3 Å². The third-order valence-corrected chi connectivity index (χ3v) is 5.82. The number of imidazole rings is 1. The first-order chi connectivity index (χ1) is 13.5. The summed E-state index contributed by atoms with van der Waals surface area (Å²) in [6.45, 7) is 5.98. The van der Waals surface area contributed by atoms with Gasteiger partial charge in [0.1, 0.15) is 11.8 Å². The van der Waals surface area contributed by atoms with Gasteiger partial charge in [0.05, 0.1) is 18.0 Å². The topological polar surface area (TPSA) is 79.1 Å². The van der Waals surface area contributed by atoms with Crippen molar-refractivity contribution in [3.05, 3.63) is 53.7 Å². The van der Waals surface area contributed by atoms with Crippen molar-refractivity contribution in [3.8, 4) is 0 Å². The molecule has 4 atom stereocenters. The van der Waals surface area contributed by atoms with Crippen molar-refractivity contribution in [2.75, 3.05) is 0 Å². The standard InChI is InChI=1S/C20H21ClN4O3/c1-4-14-12(2)20(3,28-18(26)13-8-6-5-7-9-13)19(27-14)25-11-24-15-16(21)22-10-23-17(15)25/h5-12,14,19H,4H2,1-3H3/t12-,14-,19-,20-/m1/s1. The van der Waals surface area contributed by atoms with E-state index in [-0.39, 0.29) is 17.2 Å². The normalized spacial score (nSPS) is 27.2. The zero-order valence-corrected chi connectivity index (χ0v) is 16.6. The van der Waals surface area contributed by atoms with Crippen LogP contribution in [-0.2, 0) is 9.47 Å². The van der Waals surface area contributed by atoms with Crippen LogP contribution in [0, 0.1) is 5.92 Å². The van der Waals surface area contributed by atoms with Crippen LogP contribution in [-0.4, -0.2) is 37.2 Å². The van der Waals surface area contributed by atoms with Crippen LogP contribution in [0.3, 0.4) is 0 Å². The molecule has 1 aromatic carbocycles. The molecule has 7 nitrogen and oxygen atoms in total. The van der Waals surface area contributed by atoms with E-state index in [2.05, 4.69) is 15.0 Å². The number of carbonyl (C=O) groups excluding carboxylic acids is 1. The Balaban J connectivity index is 1.75. The van der Waals surface area contributed by atoms with E-state index in [4.69, 9.17) is 21.1 Å². The Labute approximate surface area is 167 Å². The lowest BCUT2D eigenvalue weighted by molar-refractivity contribution is -0.0947. The molecule has 0 N–H and O–H groups in total. The number of aromatic nitrogens is 4. The second-order valence-electron chi connectivity index (χ2n) is 7.15. The first-order valence-corrected chi connectivity index (χ1v) is 9.60. The fraction of sp³-hybridized carbons (Fsp3) is 0.400. The van der Waals surface area contributed by atoms with Crippen LogP contribution in [0.1, 0.15) is 43.8 Å². The summed E-state index contributed by atoms with van der Waals surface area (Å²) in [4.78, 5) is 25.4. The fourth-order valence-corrected chi connectivity index (χ4v) is 3.95. The zero-order chi connectivity index (χ0) is 19.9. The largest absolute Gasteiger partial charge is 0.451 e. The minimum Gasteiger partial charge on any atom is -0.451 e. The van der Waals surface area contributed by atoms with Gasteiger partial charge in [0, 0.05) is 5.92 Å². The van der Waals surface area contributed by atoms with Crippen LogP contribution < -0.4 is 0 Å². The lowest BCUT2D eigenvalue weighted by atomic mass is 9.86. The van der Waals surface area contributed by atoms with Crippen LogP contribution >= 0.6 is 11.6 Å². The van der Waals surface area contributed by atoms with Crippen LogP contribution in [0.5, 0.6) is 0 Å². The summed E-state index contributed by atoms with van der Waals surface area (Å²) >= 11 is 6.14. The van der Waals surface area contributed by atoms with Gasteiger partial charge in [-0.15, -0.1) is 0 Å². The third-order valence-electron chi connectivity index (χ3n) is 5.55. The highest BCUT2D eigenvalue weighted by molar-refractivity contribution is 6.33.